The SMILES string of the molecule is CC(NC1CCC(C(F)(F)F)CC1)c1cc(O)cc(O)c1. The van der Waals surface area contributed by atoms with Gasteiger partial charge in [0.2, 0.25) is 0 Å². The van der Waals surface area contributed by atoms with Crippen LogP contribution in [0.1, 0.15) is 44.2 Å². The minimum absolute atomic E-state index is 0.0283. The predicted molar refractivity (Wildman–Crippen MR) is 73.1 cm³/mol. The molecule has 21 heavy (non-hydrogen) atoms. The van der Waals surface area contributed by atoms with Crippen molar-refractivity contribution in [1.82, 2.24) is 5.32 Å². The fraction of sp³-hybridized carbons (Fsp3) is 0.600. The summed E-state index contributed by atoms with van der Waals surface area (Å²) < 4.78 is 37.8. The van der Waals surface area contributed by atoms with Crippen LogP contribution in [-0.4, -0.2) is 22.4 Å². The molecule has 1 saturated carbocycles. The predicted octanol–water partition coefficient (Wildman–Crippen LogP) is 3.87. The summed E-state index contributed by atoms with van der Waals surface area (Å²) in [6.45, 7) is 1.87. The Morgan fingerprint density at radius 1 is 1.05 bits per heavy atom. The average molecular weight is 303 g/mol. The summed E-state index contributed by atoms with van der Waals surface area (Å²) in [7, 11) is 0. The minimum Gasteiger partial charge on any atom is -0.508 e. The molecule has 0 aromatic heterocycles. The van der Waals surface area contributed by atoms with Crippen molar-refractivity contribution in [3.63, 3.8) is 0 Å². The Bertz CT molecular complexity index is 462. The molecule has 0 spiro atoms. The van der Waals surface area contributed by atoms with Crippen LogP contribution in [0, 0.1) is 5.92 Å². The van der Waals surface area contributed by atoms with E-state index in [1.807, 2.05) is 6.92 Å². The Morgan fingerprint density at radius 3 is 2.05 bits per heavy atom. The molecule has 118 valence electrons. The van der Waals surface area contributed by atoms with Crippen molar-refractivity contribution in [3.05, 3.63) is 23.8 Å². The van der Waals surface area contributed by atoms with Crippen LogP contribution in [0.5, 0.6) is 11.5 Å². The smallest absolute Gasteiger partial charge is 0.391 e. The molecule has 0 radical (unpaired) electrons. The number of benzene rings is 1. The van der Waals surface area contributed by atoms with Crippen LogP contribution in [0.15, 0.2) is 18.2 Å². The Morgan fingerprint density at radius 2 is 1.57 bits per heavy atom. The van der Waals surface area contributed by atoms with E-state index >= 15 is 0 Å². The molecular formula is C15H20F3NO2. The van der Waals surface area contributed by atoms with E-state index in [1.165, 1.54) is 6.07 Å². The number of aromatic hydroxyl groups is 2. The third-order valence-corrected chi connectivity index (χ3v) is 4.10. The fourth-order valence-corrected chi connectivity index (χ4v) is 2.91. The van der Waals surface area contributed by atoms with Gasteiger partial charge in [-0.2, -0.15) is 13.2 Å². The molecule has 1 aliphatic rings. The maximum absolute atomic E-state index is 12.6. The molecule has 1 atom stereocenters. The standard InChI is InChI=1S/C15H20F3NO2/c1-9(10-6-13(20)8-14(21)7-10)19-12-4-2-11(3-5-12)15(16,17)18/h6-9,11-12,19-21H,2-5H2,1H3. The van der Waals surface area contributed by atoms with Gasteiger partial charge in [0.05, 0.1) is 5.92 Å². The van der Waals surface area contributed by atoms with Crippen molar-refractivity contribution in [2.24, 2.45) is 5.92 Å². The van der Waals surface area contributed by atoms with E-state index in [2.05, 4.69) is 5.32 Å². The van der Waals surface area contributed by atoms with Gasteiger partial charge < -0.3 is 15.5 Å². The monoisotopic (exact) mass is 303 g/mol. The lowest BCUT2D eigenvalue weighted by Gasteiger charge is -2.32. The highest BCUT2D eigenvalue weighted by Crippen LogP contribution is 2.38. The van der Waals surface area contributed by atoms with Crippen molar-refractivity contribution >= 4 is 0 Å². The average Bonchev–Trinajstić information content (AvgIpc) is 2.37. The molecule has 1 aromatic rings. The van der Waals surface area contributed by atoms with Crippen LogP contribution in [0.3, 0.4) is 0 Å². The maximum atomic E-state index is 12.6. The largest absolute Gasteiger partial charge is 0.508 e. The van der Waals surface area contributed by atoms with E-state index in [0.717, 1.165) is 0 Å². The molecule has 1 aliphatic carbocycles. The second-order valence-corrected chi connectivity index (χ2v) is 5.76. The Kier molecular flexibility index (Phi) is 4.66. The lowest BCUT2D eigenvalue weighted by atomic mass is 9.85. The summed E-state index contributed by atoms with van der Waals surface area (Å²) in [4.78, 5) is 0. The number of halogens is 3. The van der Waals surface area contributed by atoms with Crippen LogP contribution in [-0.2, 0) is 0 Å². The molecule has 3 nitrogen and oxygen atoms in total. The number of rotatable bonds is 3. The first-order valence-corrected chi connectivity index (χ1v) is 7.11. The van der Waals surface area contributed by atoms with Crippen molar-refractivity contribution in [1.29, 1.82) is 0 Å². The van der Waals surface area contributed by atoms with Crippen molar-refractivity contribution in [3.8, 4) is 11.5 Å². The number of hydrogen-bond donors (Lipinski definition) is 3. The Hall–Kier alpha value is -1.43. The summed E-state index contributed by atoms with van der Waals surface area (Å²) in [6.07, 6.45) is -2.81. The molecule has 0 aliphatic heterocycles. The highest BCUT2D eigenvalue weighted by atomic mass is 19.4. The second kappa shape index (κ2) is 6.13. The third kappa shape index (κ3) is 4.27. The lowest BCUT2D eigenvalue weighted by Crippen LogP contribution is -2.38. The van der Waals surface area contributed by atoms with Crippen molar-refractivity contribution in [2.75, 3.05) is 0 Å². The third-order valence-electron chi connectivity index (χ3n) is 4.10. The van der Waals surface area contributed by atoms with Crippen LogP contribution in [0.2, 0.25) is 0 Å². The van der Waals surface area contributed by atoms with Gasteiger partial charge in [0.15, 0.2) is 0 Å². The van der Waals surface area contributed by atoms with Gasteiger partial charge in [-0.3, -0.25) is 0 Å². The molecule has 0 bridgehead atoms. The zero-order valence-corrected chi connectivity index (χ0v) is 11.8. The highest BCUT2D eigenvalue weighted by molar-refractivity contribution is 5.37. The van der Waals surface area contributed by atoms with Gasteiger partial charge in [-0.05, 0) is 50.3 Å². The highest BCUT2D eigenvalue weighted by Gasteiger charge is 2.41. The number of phenols is 2. The molecule has 1 unspecified atom stereocenters. The van der Waals surface area contributed by atoms with Crippen molar-refractivity contribution < 1.29 is 23.4 Å². The van der Waals surface area contributed by atoms with Crippen LogP contribution in [0.4, 0.5) is 13.2 Å². The van der Waals surface area contributed by atoms with Gasteiger partial charge in [-0.25, -0.2) is 0 Å². The van der Waals surface area contributed by atoms with E-state index < -0.39 is 12.1 Å². The molecule has 0 amide bonds. The molecule has 2 rings (SSSR count). The summed E-state index contributed by atoms with van der Waals surface area (Å²) in [5, 5.41) is 22.2. The van der Waals surface area contributed by atoms with Crippen molar-refractivity contribution in [2.45, 2.75) is 50.9 Å². The summed E-state index contributed by atoms with van der Waals surface area (Å²) in [5.74, 6) is -1.24. The molecule has 0 saturated heterocycles. The van der Waals surface area contributed by atoms with E-state index in [9.17, 15) is 23.4 Å². The van der Waals surface area contributed by atoms with Gasteiger partial charge in [0.1, 0.15) is 11.5 Å². The van der Waals surface area contributed by atoms with E-state index in [-0.39, 0.29) is 36.4 Å². The van der Waals surface area contributed by atoms with Gasteiger partial charge in [0.25, 0.3) is 0 Å². The van der Waals surface area contributed by atoms with Crippen LogP contribution in [0.25, 0.3) is 0 Å². The number of alkyl halides is 3. The normalized spacial score (nSPS) is 24.8. The maximum Gasteiger partial charge on any atom is 0.391 e. The number of hydrogen-bond acceptors (Lipinski definition) is 3. The van der Waals surface area contributed by atoms with Gasteiger partial charge >= 0.3 is 6.18 Å². The van der Waals surface area contributed by atoms with Gasteiger partial charge in [-0.1, -0.05) is 0 Å². The topological polar surface area (TPSA) is 52.5 Å². The van der Waals surface area contributed by atoms with E-state index in [4.69, 9.17) is 0 Å². The molecule has 1 aromatic carbocycles. The van der Waals surface area contributed by atoms with E-state index in [0.29, 0.717) is 18.4 Å². The Labute approximate surface area is 121 Å². The number of phenolic OH excluding ortho intramolecular Hbond substituents is 2. The number of nitrogens with one attached hydrogen (secondary N) is 1. The molecule has 6 heteroatoms. The zero-order chi connectivity index (χ0) is 15.6. The molecule has 1 fully saturated rings. The lowest BCUT2D eigenvalue weighted by molar-refractivity contribution is -0.182. The second-order valence-electron chi connectivity index (χ2n) is 5.76. The molecule has 0 heterocycles. The summed E-state index contributed by atoms with van der Waals surface area (Å²) in [6, 6.07) is 4.21. The molecular weight excluding hydrogens is 283 g/mol. The quantitative estimate of drug-likeness (QED) is 0.794. The fourth-order valence-electron chi connectivity index (χ4n) is 2.91. The summed E-state index contributed by atoms with van der Waals surface area (Å²) in [5.41, 5.74) is 0.713. The molecule has 3 N–H and O–H groups in total. The zero-order valence-electron chi connectivity index (χ0n) is 11.8. The van der Waals surface area contributed by atoms with Crippen LogP contribution < -0.4 is 5.32 Å². The Balaban J connectivity index is 1.91. The first-order chi connectivity index (χ1) is 9.75. The van der Waals surface area contributed by atoms with Gasteiger partial charge in [0, 0.05) is 18.2 Å². The summed E-state index contributed by atoms with van der Waals surface area (Å²) >= 11 is 0. The minimum atomic E-state index is -4.09. The van der Waals surface area contributed by atoms with E-state index in [1.54, 1.807) is 12.1 Å². The van der Waals surface area contributed by atoms with Crippen LogP contribution >= 0.6 is 0 Å². The van der Waals surface area contributed by atoms with Gasteiger partial charge in [-0.15, -0.1) is 0 Å². The first kappa shape index (κ1) is 15.9. The first-order valence-electron chi connectivity index (χ1n) is 7.11.